The van der Waals surface area contributed by atoms with Gasteiger partial charge >= 0.3 is 34.0 Å². The van der Waals surface area contributed by atoms with E-state index in [-0.39, 0.29) is 0 Å². The van der Waals surface area contributed by atoms with E-state index in [2.05, 4.69) is 0 Å². The summed E-state index contributed by atoms with van der Waals surface area (Å²) in [5.74, 6) is -17.4. The average Bonchev–Trinajstić information content (AvgIpc) is 2.12. The lowest BCUT2D eigenvalue weighted by Crippen LogP contribution is -2.62. The van der Waals surface area contributed by atoms with Crippen LogP contribution >= 0.6 is 22.6 Å². The molecule has 0 fully saturated rings. The van der Waals surface area contributed by atoms with E-state index in [0.717, 1.165) is 0 Å². The minimum atomic E-state index is -7.12. The first-order chi connectivity index (χ1) is 8.40. The number of aliphatic carboxylic acids is 1. The van der Waals surface area contributed by atoms with Crippen molar-refractivity contribution in [2.24, 2.45) is 0 Å². The third-order valence-corrected chi connectivity index (χ3v) is 2.30. The van der Waals surface area contributed by atoms with E-state index in [1.54, 1.807) is 4.74 Å². The first-order valence-corrected chi connectivity index (χ1v) is 4.99. The molecule has 1 N–H and O–H groups in total. The average molecular weight is 438 g/mol. The lowest BCUT2D eigenvalue weighted by Gasteiger charge is -2.34. The van der Waals surface area contributed by atoms with Crippen molar-refractivity contribution >= 4 is 28.6 Å². The van der Waals surface area contributed by atoms with Crippen LogP contribution in [0.3, 0.4) is 0 Å². The van der Waals surface area contributed by atoms with Crippen LogP contribution in [0.4, 0.5) is 43.9 Å². The molecule has 0 spiro atoms. The molecule has 14 heteroatoms. The lowest BCUT2D eigenvalue weighted by atomic mass is 10.1. The number of halogens is 11. The highest BCUT2D eigenvalue weighted by molar-refractivity contribution is 14.1. The summed E-state index contributed by atoms with van der Waals surface area (Å²) >= 11 is -0.621. The summed E-state index contributed by atoms with van der Waals surface area (Å²) in [5.41, 5.74) is 0. The molecule has 0 aliphatic heterocycles. The monoisotopic (exact) mass is 438 g/mol. The smallest absolute Gasteiger partial charge is 0.460 e. The molecular weight excluding hydrogens is 437 g/mol. The second kappa shape index (κ2) is 5.03. The third-order valence-electron chi connectivity index (χ3n) is 1.62. The van der Waals surface area contributed by atoms with Crippen LogP contribution in [0.1, 0.15) is 0 Å². The van der Waals surface area contributed by atoms with Gasteiger partial charge in [-0.2, -0.15) is 43.9 Å². The Balaban J connectivity index is 5.65. The Bertz CT molecular complexity index is 389. The summed E-state index contributed by atoms with van der Waals surface area (Å²) in [7, 11) is 0. The van der Waals surface area contributed by atoms with Gasteiger partial charge in [0.1, 0.15) is 0 Å². The van der Waals surface area contributed by atoms with Crippen LogP contribution < -0.4 is 0 Å². The van der Waals surface area contributed by atoms with Crippen LogP contribution in [-0.4, -0.2) is 39.1 Å². The van der Waals surface area contributed by atoms with Crippen molar-refractivity contribution in [1.82, 2.24) is 0 Å². The maximum Gasteiger partial charge on any atom is 0.460 e. The molecule has 0 aliphatic rings. The maximum absolute atomic E-state index is 12.6. The van der Waals surface area contributed by atoms with Crippen molar-refractivity contribution in [2.45, 2.75) is 28.0 Å². The van der Waals surface area contributed by atoms with Crippen LogP contribution in [0, 0.1) is 0 Å². The molecule has 0 saturated heterocycles. The molecule has 20 heavy (non-hydrogen) atoms. The van der Waals surface area contributed by atoms with Crippen LogP contribution in [0.2, 0.25) is 0 Å². The minimum Gasteiger partial charge on any atom is -0.475 e. The van der Waals surface area contributed by atoms with Gasteiger partial charge < -0.3 is 5.11 Å². The highest BCUT2D eigenvalue weighted by Gasteiger charge is 2.82. The van der Waals surface area contributed by atoms with Crippen molar-refractivity contribution in [1.29, 1.82) is 0 Å². The number of rotatable bonds is 6. The second-order valence-corrected chi connectivity index (χ2v) is 4.44. The zero-order valence-corrected chi connectivity index (χ0v) is 10.6. The predicted molar refractivity (Wildman–Crippen MR) is 47.5 cm³/mol. The van der Waals surface area contributed by atoms with E-state index >= 15 is 0 Å². The third kappa shape index (κ3) is 3.20. The van der Waals surface area contributed by atoms with Crippen molar-refractivity contribution in [3.05, 3.63) is 0 Å². The molecule has 0 aromatic rings. The molecule has 0 rings (SSSR count). The Hall–Kier alpha value is -0.540. The number of hydrogen-bond donors (Lipinski definition) is 1. The fraction of sp³-hybridized carbons (Fsp3) is 0.833. The first kappa shape index (κ1) is 19.5. The predicted octanol–water partition coefficient (Wildman–Crippen LogP) is 3.57. The Morgan fingerprint density at radius 3 is 1.45 bits per heavy atom. The van der Waals surface area contributed by atoms with Crippen LogP contribution in [0.5, 0.6) is 0 Å². The molecule has 0 aromatic heterocycles. The van der Waals surface area contributed by atoms with Gasteiger partial charge in [-0.15, -0.1) is 0 Å². The number of carboxylic acid groups (broad SMARTS) is 1. The molecule has 3 nitrogen and oxygen atoms in total. The minimum absolute atomic E-state index is 0.621. The van der Waals surface area contributed by atoms with E-state index in [0.29, 0.717) is 0 Å². The summed E-state index contributed by atoms with van der Waals surface area (Å²) in [6.45, 7) is 0. The molecule has 0 unspecified atom stereocenters. The van der Waals surface area contributed by atoms with Gasteiger partial charge in [-0.1, -0.05) is 0 Å². The SMILES string of the molecule is O=C(O)C(F)(F)OC(F)(F)C(F)(F)C(F)(F)C(F)(F)I. The largest absolute Gasteiger partial charge is 0.475 e. The zero-order chi connectivity index (χ0) is 16.8. The Labute approximate surface area is 116 Å². The summed E-state index contributed by atoms with van der Waals surface area (Å²) in [4.78, 5) is 9.68. The Kier molecular flexibility index (Phi) is 4.89. The van der Waals surface area contributed by atoms with Crippen LogP contribution in [-0.2, 0) is 9.53 Å². The lowest BCUT2D eigenvalue weighted by molar-refractivity contribution is -0.458. The van der Waals surface area contributed by atoms with Crippen molar-refractivity contribution in [2.75, 3.05) is 0 Å². The summed E-state index contributed by atoms with van der Waals surface area (Å²) in [6.07, 6.45) is -12.9. The molecule has 120 valence electrons. The van der Waals surface area contributed by atoms with E-state index in [1.165, 1.54) is 0 Å². The van der Waals surface area contributed by atoms with Gasteiger partial charge in [0.15, 0.2) is 0 Å². The highest BCUT2D eigenvalue weighted by atomic mass is 127. The van der Waals surface area contributed by atoms with Gasteiger partial charge in [0, 0.05) is 22.6 Å². The Morgan fingerprint density at radius 1 is 0.850 bits per heavy atom. The van der Waals surface area contributed by atoms with Crippen LogP contribution in [0.15, 0.2) is 0 Å². The van der Waals surface area contributed by atoms with Gasteiger partial charge in [-0.3, -0.25) is 0 Å². The molecule has 0 radical (unpaired) electrons. The molecule has 0 aliphatic carbocycles. The normalized spacial score (nSPS) is 15.3. The summed E-state index contributed by atoms with van der Waals surface area (Å²) in [5, 5.41) is 7.64. The summed E-state index contributed by atoms with van der Waals surface area (Å²) in [6, 6.07) is 0. The highest BCUT2D eigenvalue weighted by Crippen LogP contribution is 2.55. The quantitative estimate of drug-likeness (QED) is 0.392. The number of alkyl halides is 11. The molecule has 0 saturated carbocycles. The molecular formula is C6HF10IO3. The standard InChI is InChI=1S/C6HF10IO3/c7-2(8,1(18)19)20-6(15,16)4(11,12)3(9,10)5(13,14)17/h(H,18,19). The summed E-state index contributed by atoms with van der Waals surface area (Å²) < 4.78 is 120. The van der Waals surface area contributed by atoms with E-state index in [9.17, 15) is 48.7 Å². The van der Waals surface area contributed by atoms with Gasteiger partial charge in [-0.25, -0.2) is 9.53 Å². The maximum atomic E-state index is 12.6. The van der Waals surface area contributed by atoms with E-state index in [1.807, 2.05) is 0 Å². The van der Waals surface area contributed by atoms with Gasteiger partial charge in [0.25, 0.3) is 0 Å². The first-order valence-electron chi connectivity index (χ1n) is 3.91. The van der Waals surface area contributed by atoms with Crippen molar-refractivity contribution < 1.29 is 58.5 Å². The fourth-order valence-electron chi connectivity index (χ4n) is 0.630. The van der Waals surface area contributed by atoms with Crippen molar-refractivity contribution in [3.63, 3.8) is 0 Å². The molecule has 0 bridgehead atoms. The molecule has 0 amide bonds. The van der Waals surface area contributed by atoms with E-state index < -0.39 is 56.6 Å². The van der Waals surface area contributed by atoms with Gasteiger partial charge in [0.05, 0.1) is 0 Å². The van der Waals surface area contributed by atoms with E-state index in [4.69, 9.17) is 5.11 Å². The molecule has 0 aromatic carbocycles. The number of carboxylic acids is 1. The van der Waals surface area contributed by atoms with Gasteiger partial charge in [-0.05, 0) is 0 Å². The Morgan fingerprint density at radius 2 is 1.20 bits per heavy atom. The fourth-order valence-corrected chi connectivity index (χ4v) is 0.968. The van der Waals surface area contributed by atoms with Crippen LogP contribution in [0.25, 0.3) is 0 Å². The molecule has 0 heterocycles. The number of ether oxygens (including phenoxy) is 1. The van der Waals surface area contributed by atoms with Crippen molar-refractivity contribution in [3.8, 4) is 0 Å². The second-order valence-electron chi connectivity index (χ2n) is 3.09. The number of hydrogen-bond acceptors (Lipinski definition) is 2. The molecule has 0 atom stereocenters. The topological polar surface area (TPSA) is 46.5 Å². The van der Waals surface area contributed by atoms with Gasteiger partial charge in [0.2, 0.25) is 0 Å². The number of carbonyl (C=O) groups is 1. The zero-order valence-electron chi connectivity index (χ0n) is 8.42.